The van der Waals surface area contributed by atoms with Gasteiger partial charge in [-0.2, -0.15) is 0 Å². The van der Waals surface area contributed by atoms with E-state index in [1.54, 1.807) is 19.9 Å². The molecule has 0 saturated heterocycles. The molecule has 2 rings (SSSR count). The van der Waals surface area contributed by atoms with Crippen molar-refractivity contribution in [3.8, 4) is 17.2 Å². The number of carbonyl (C=O) groups is 1. The van der Waals surface area contributed by atoms with Crippen molar-refractivity contribution in [2.45, 2.75) is 20.0 Å². The summed E-state index contributed by atoms with van der Waals surface area (Å²) in [5.74, 6) is -1.76. The quantitative estimate of drug-likeness (QED) is 0.809. The normalized spacial score (nSPS) is 10.8. The highest BCUT2D eigenvalue weighted by atomic mass is 16.5. The predicted molar refractivity (Wildman–Crippen MR) is 73.0 cm³/mol. The number of hydrogen-bond acceptors (Lipinski definition) is 6. The maximum atomic E-state index is 11.9. The molecule has 1 heterocycles. The van der Waals surface area contributed by atoms with E-state index in [9.17, 15) is 14.7 Å². The number of aliphatic carboxylic acids is 1. The number of ether oxygens (including phenoxy) is 2. The Morgan fingerprint density at radius 1 is 1.38 bits per heavy atom. The lowest BCUT2D eigenvalue weighted by molar-refractivity contribution is -0.139. The molecule has 0 saturated carbocycles. The van der Waals surface area contributed by atoms with Crippen molar-refractivity contribution >= 4 is 16.9 Å². The molecule has 0 fully saturated rings. The third kappa shape index (κ3) is 3.07. The van der Waals surface area contributed by atoms with Crippen LogP contribution in [-0.4, -0.2) is 28.9 Å². The lowest BCUT2D eigenvalue weighted by Gasteiger charge is -2.12. The molecular formula is C14H14O7. The van der Waals surface area contributed by atoms with Crippen LogP contribution in [0.3, 0.4) is 0 Å². The second-order valence-corrected chi connectivity index (χ2v) is 4.55. The van der Waals surface area contributed by atoms with Crippen LogP contribution >= 0.6 is 0 Å². The van der Waals surface area contributed by atoms with Crippen LogP contribution in [0.25, 0.3) is 11.0 Å². The maximum Gasteiger partial charge on any atom is 0.383 e. The smallest absolute Gasteiger partial charge is 0.383 e. The van der Waals surface area contributed by atoms with E-state index >= 15 is 0 Å². The minimum atomic E-state index is -1.17. The minimum Gasteiger partial charge on any atom is -0.504 e. The maximum absolute atomic E-state index is 11.9. The fourth-order valence-electron chi connectivity index (χ4n) is 1.76. The average Bonchev–Trinajstić information content (AvgIpc) is 2.41. The molecule has 0 aliphatic heterocycles. The largest absolute Gasteiger partial charge is 0.504 e. The van der Waals surface area contributed by atoms with Crippen LogP contribution in [0.2, 0.25) is 0 Å². The molecule has 112 valence electrons. The van der Waals surface area contributed by atoms with E-state index in [2.05, 4.69) is 0 Å². The van der Waals surface area contributed by atoms with E-state index in [-0.39, 0.29) is 34.3 Å². The van der Waals surface area contributed by atoms with Crippen molar-refractivity contribution in [3.05, 3.63) is 28.6 Å². The summed E-state index contributed by atoms with van der Waals surface area (Å²) in [6.07, 6.45) is -0.317. The Hall–Kier alpha value is -2.70. The van der Waals surface area contributed by atoms with Gasteiger partial charge in [0, 0.05) is 0 Å². The molecular weight excluding hydrogens is 280 g/mol. The summed E-state index contributed by atoms with van der Waals surface area (Å²) < 4.78 is 15.3. The SMILES string of the molecule is CC(C)Oc1c(O)c2cccc(OCC(=O)O)c2oc1=O. The van der Waals surface area contributed by atoms with E-state index in [0.717, 1.165) is 0 Å². The minimum absolute atomic E-state index is 0.0302. The molecule has 7 nitrogen and oxygen atoms in total. The highest BCUT2D eigenvalue weighted by Crippen LogP contribution is 2.35. The van der Waals surface area contributed by atoms with Crippen molar-refractivity contribution in [3.63, 3.8) is 0 Å². The number of para-hydroxylation sites is 1. The van der Waals surface area contributed by atoms with Crippen LogP contribution < -0.4 is 15.1 Å². The number of fused-ring (bicyclic) bond motifs is 1. The lowest BCUT2D eigenvalue weighted by Crippen LogP contribution is -2.14. The zero-order valence-corrected chi connectivity index (χ0v) is 11.5. The van der Waals surface area contributed by atoms with E-state index in [4.69, 9.17) is 19.0 Å². The summed E-state index contributed by atoms with van der Waals surface area (Å²) in [5.41, 5.74) is -0.891. The summed E-state index contributed by atoms with van der Waals surface area (Å²) in [5, 5.41) is 18.9. The van der Waals surface area contributed by atoms with Gasteiger partial charge >= 0.3 is 11.6 Å². The number of aromatic hydroxyl groups is 1. The Bertz CT molecular complexity index is 730. The van der Waals surface area contributed by atoms with Crippen molar-refractivity contribution in [2.75, 3.05) is 6.61 Å². The van der Waals surface area contributed by atoms with E-state index in [1.165, 1.54) is 12.1 Å². The van der Waals surface area contributed by atoms with E-state index in [0.29, 0.717) is 0 Å². The Balaban J connectivity index is 2.57. The molecule has 0 unspecified atom stereocenters. The molecule has 0 spiro atoms. The topological polar surface area (TPSA) is 106 Å². The molecule has 0 bridgehead atoms. The van der Waals surface area contributed by atoms with Crippen molar-refractivity contribution in [1.82, 2.24) is 0 Å². The first-order valence-electron chi connectivity index (χ1n) is 6.20. The van der Waals surface area contributed by atoms with Crippen LogP contribution in [0.1, 0.15) is 13.8 Å². The van der Waals surface area contributed by atoms with Crippen LogP contribution in [0.5, 0.6) is 17.2 Å². The summed E-state index contributed by atoms with van der Waals surface area (Å²) in [7, 11) is 0. The van der Waals surface area contributed by atoms with Gasteiger partial charge < -0.3 is 24.1 Å². The van der Waals surface area contributed by atoms with Gasteiger partial charge in [0.05, 0.1) is 11.5 Å². The molecule has 1 aromatic heterocycles. The summed E-state index contributed by atoms with van der Waals surface area (Å²) in [6, 6.07) is 4.49. The van der Waals surface area contributed by atoms with Crippen LogP contribution in [0.4, 0.5) is 0 Å². The summed E-state index contributed by atoms with van der Waals surface area (Å²) in [6.45, 7) is 2.82. The summed E-state index contributed by atoms with van der Waals surface area (Å²) >= 11 is 0. The third-order valence-electron chi connectivity index (χ3n) is 2.53. The standard InChI is InChI=1S/C14H14O7/c1-7(2)20-13-11(17)8-4-3-5-9(19-6-10(15)16)12(8)21-14(13)18/h3-5,7,17H,6H2,1-2H3,(H,15,16). The number of hydrogen-bond donors (Lipinski definition) is 2. The average molecular weight is 294 g/mol. The lowest BCUT2D eigenvalue weighted by atomic mass is 10.2. The van der Waals surface area contributed by atoms with Gasteiger partial charge in [-0.3, -0.25) is 0 Å². The monoisotopic (exact) mass is 294 g/mol. The molecule has 0 aliphatic carbocycles. The molecule has 2 aromatic rings. The molecule has 0 radical (unpaired) electrons. The Kier molecular flexibility index (Phi) is 4.02. The molecule has 2 N–H and O–H groups in total. The highest BCUT2D eigenvalue weighted by Gasteiger charge is 2.19. The number of carboxylic acid groups (broad SMARTS) is 1. The van der Waals surface area contributed by atoms with Gasteiger partial charge in [0.25, 0.3) is 0 Å². The number of carboxylic acids is 1. The first kappa shape index (κ1) is 14.7. The molecule has 21 heavy (non-hydrogen) atoms. The zero-order chi connectivity index (χ0) is 15.6. The first-order valence-corrected chi connectivity index (χ1v) is 6.20. The van der Waals surface area contributed by atoms with Crippen LogP contribution in [-0.2, 0) is 4.79 Å². The Morgan fingerprint density at radius 2 is 2.10 bits per heavy atom. The van der Waals surface area contributed by atoms with Gasteiger partial charge in [-0.05, 0) is 26.0 Å². The van der Waals surface area contributed by atoms with Crippen LogP contribution in [0.15, 0.2) is 27.4 Å². The van der Waals surface area contributed by atoms with Crippen LogP contribution in [0, 0.1) is 0 Å². The first-order chi connectivity index (χ1) is 9.90. The third-order valence-corrected chi connectivity index (χ3v) is 2.53. The van der Waals surface area contributed by atoms with Gasteiger partial charge in [0.15, 0.2) is 23.7 Å². The highest BCUT2D eigenvalue weighted by molar-refractivity contribution is 5.89. The van der Waals surface area contributed by atoms with Gasteiger partial charge in [0.1, 0.15) is 0 Å². The number of benzene rings is 1. The summed E-state index contributed by atoms with van der Waals surface area (Å²) in [4.78, 5) is 22.4. The van der Waals surface area contributed by atoms with E-state index < -0.39 is 18.2 Å². The van der Waals surface area contributed by atoms with Crippen molar-refractivity contribution < 1.29 is 28.9 Å². The number of rotatable bonds is 5. The molecule has 0 aliphatic rings. The predicted octanol–water partition coefficient (Wildman–Crippen LogP) is 1.75. The second kappa shape index (κ2) is 5.74. The fourth-order valence-corrected chi connectivity index (χ4v) is 1.76. The van der Waals surface area contributed by atoms with Gasteiger partial charge in [-0.15, -0.1) is 0 Å². The molecule has 1 aromatic carbocycles. The van der Waals surface area contributed by atoms with Gasteiger partial charge in [-0.1, -0.05) is 6.07 Å². The molecule has 0 atom stereocenters. The Morgan fingerprint density at radius 3 is 2.71 bits per heavy atom. The van der Waals surface area contributed by atoms with E-state index in [1.807, 2.05) is 0 Å². The zero-order valence-electron chi connectivity index (χ0n) is 11.5. The van der Waals surface area contributed by atoms with Gasteiger partial charge in [0.2, 0.25) is 5.75 Å². The second-order valence-electron chi connectivity index (χ2n) is 4.55. The fraction of sp³-hybridized carbons (Fsp3) is 0.286. The molecule has 7 heteroatoms. The van der Waals surface area contributed by atoms with Crippen molar-refractivity contribution in [1.29, 1.82) is 0 Å². The van der Waals surface area contributed by atoms with Crippen molar-refractivity contribution in [2.24, 2.45) is 0 Å². The van der Waals surface area contributed by atoms with Gasteiger partial charge in [-0.25, -0.2) is 9.59 Å². The Labute approximate surface area is 119 Å². The molecule has 0 amide bonds.